The second-order valence-corrected chi connectivity index (χ2v) is 9.16. The van der Waals surface area contributed by atoms with Gasteiger partial charge in [0.05, 0.1) is 24.5 Å². The summed E-state index contributed by atoms with van der Waals surface area (Å²) in [5.74, 6) is 0.359. The number of carbonyl (C=O) groups is 2. The molecule has 1 aliphatic carbocycles. The van der Waals surface area contributed by atoms with E-state index in [9.17, 15) is 9.59 Å². The Balaban J connectivity index is 1.56. The normalized spacial score (nSPS) is 14.0. The lowest BCUT2D eigenvalue weighted by Gasteiger charge is -2.28. The molecule has 0 aliphatic heterocycles. The van der Waals surface area contributed by atoms with E-state index in [4.69, 9.17) is 9.84 Å². The smallest absolute Gasteiger partial charge is 0.245 e. The fourth-order valence-electron chi connectivity index (χ4n) is 4.54. The number of carbonyl (C=O) groups excluding carboxylic acids is 2. The van der Waals surface area contributed by atoms with Crippen molar-refractivity contribution in [1.29, 1.82) is 0 Å². The molecule has 1 aromatic heterocycles. The van der Waals surface area contributed by atoms with Crippen molar-refractivity contribution in [3.05, 3.63) is 66.2 Å². The second-order valence-electron chi connectivity index (χ2n) is 9.16. The first kappa shape index (κ1) is 24.7. The molecule has 7 heteroatoms. The maximum absolute atomic E-state index is 13.2. The van der Waals surface area contributed by atoms with Gasteiger partial charge in [0, 0.05) is 31.2 Å². The number of benzene rings is 2. The number of ether oxygens (including phenoxy) is 1. The molecule has 1 saturated carbocycles. The summed E-state index contributed by atoms with van der Waals surface area (Å²) in [6.45, 7) is 2.80. The molecule has 0 spiro atoms. The van der Waals surface area contributed by atoms with E-state index in [1.807, 2.05) is 67.6 Å². The number of methoxy groups -OCH3 is 1. The minimum absolute atomic E-state index is 0.00354. The molecular weight excluding hydrogens is 440 g/mol. The Morgan fingerprint density at radius 2 is 1.77 bits per heavy atom. The molecule has 0 saturated heterocycles. The Hall–Kier alpha value is -3.45. The Morgan fingerprint density at radius 3 is 2.46 bits per heavy atom. The number of amides is 2. The third-order valence-electron chi connectivity index (χ3n) is 6.49. The van der Waals surface area contributed by atoms with E-state index in [1.165, 1.54) is 6.42 Å². The van der Waals surface area contributed by atoms with Crippen molar-refractivity contribution in [3.8, 4) is 16.9 Å². The quantitative estimate of drug-likeness (QED) is 0.481. The van der Waals surface area contributed by atoms with Crippen molar-refractivity contribution in [2.75, 3.05) is 32.1 Å². The third-order valence-corrected chi connectivity index (χ3v) is 6.49. The third kappa shape index (κ3) is 6.36. The zero-order valence-electron chi connectivity index (χ0n) is 20.6. The summed E-state index contributed by atoms with van der Waals surface area (Å²) in [5, 5.41) is 7.78. The highest BCUT2D eigenvalue weighted by Crippen LogP contribution is 2.27. The Labute approximate surface area is 207 Å². The maximum Gasteiger partial charge on any atom is 0.245 e. The molecule has 1 aliphatic rings. The molecule has 0 radical (unpaired) electrons. The van der Waals surface area contributed by atoms with E-state index < -0.39 is 0 Å². The first-order chi connectivity index (χ1) is 17.0. The number of rotatable bonds is 9. The summed E-state index contributed by atoms with van der Waals surface area (Å²) in [5.41, 5.74) is 3.71. The van der Waals surface area contributed by atoms with Gasteiger partial charge in [0.15, 0.2) is 0 Å². The summed E-state index contributed by atoms with van der Waals surface area (Å²) in [7, 11) is 1.61. The number of anilines is 1. The van der Waals surface area contributed by atoms with Crippen LogP contribution in [0, 0.1) is 12.8 Å². The Kier molecular flexibility index (Phi) is 8.32. The molecule has 2 amide bonds. The molecule has 184 valence electrons. The number of nitrogens with one attached hydrogen (secondary N) is 1. The van der Waals surface area contributed by atoms with Crippen molar-refractivity contribution in [3.63, 3.8) is 0 Å². The van der Waals surface area contributed by atoms with Gasteiger partial charge < -0.3 is 15.0 Å². The molecule has 1 heterocycles. The summed E-state index contributed by atoms with van der Waals surface area (Å²) < 4.78 is 6.95. The largest absolute Gasteiger partial charge is 0.383 e. The predicted molar refractivity (Wildman–Crippen MR) is 137 cm³/mol. The van der Waals surface area contributed by atoms with Crippen molar-refractivity contribution in [2.24, 2.45) is 5.92 Å². The lowest BCUT2D eigenvalue weighted by atomic mass is 9.88. The SMILES string of the molecule is COCCN(CC(=O)Nc1cc(-c2ccccc2)nn1-c1ccc(C)cc1)C(=O)C1CCCCC1. The van der Waals surface area contributed by atoms with Crippen LogP contribution in [0.15, 0.2) is 60.7 Å². The number of nitrogens with zero attached hydrogens (tertiary/aromatic N) is 3. The Morgan fingerprint density at radius 1 is 1.06 bits per heavy atom. The van der Waals surface area contributed by atoms with E-state index in [-0.39, 0.29) is 24.3 Å². The van der Waals surface area contributed by atoms with Gasteiger partial charge in [-0.1, -0.05) is 67.3 Å². The average Bonchev–Trinajstić information content (AvgIpc) is 3.31. The van der Waals surface area contributed by atoms with Crippen LogP contribution in [0.2, 0.25) is 0 Å². The number of aryl methyl sites for hydroxylation is 1. The fourth-order valence-corrected chi connectivity index (χ4v) is 4.54. The van der Waals surface area contributed by atoms with Gasteiger partial charge in [-0.25, -0.2) is 4.68 Å². The van der Waals surface area contributed by atoms with Gasteiger partial charge in [0.25, 0.3) is 0 Å². The molecular formula is C28H34N4O3. The van der Waals surface area contributed by atoms with Crippen molar-refractivity contribution < 1.29 is 14.3 Å². The number of aromatic nitrogens is 2. The van der Waals surface area contributed by atoms with Crippen LogP contribution >= 0.6 is 0 Å². The lowest BCUT2D eigenvalue weighted by molar-refractivity contribution is -0.139. The van der Waals surface area contributed by atoms with Gasteiger partial charge in [-0.3, -0.25) is 9.59 Å². The minimum Gasteiger partial charge on any atom is -0.383 e. The summed E-state index contributed by atoms with van der Waals surface area (Å²) in [6.07, 6.45) is 5.10. The van der Waals surface area contributed by atoms with E-state index in [2.05, 4.69) is 5.32 Å². The van der Waals surface area contributed by atoms with Crippen LogP contribution < -0.4 is 5.32 Å². The van der Waals surface area contributed by atoms with Gasteiger partial charge in [0.2, 0.25) is 11.8 Å². The van der Waals surface area contributed by atoms with E-state index >= 15 is 0 Å². The molecule has 4 rings (SSSR count). The molecule has 2 aromatic carbocycles. The molecule has 35 heavy (non-hydrogen) atoms. The number of hydrogen-bond donors (Lipinski definition) is 1. The first-order valence-corrected chi connectivity index (χ1v) is 12.4. The topological polar surface area (TPSA) is 76.5 Å². The van der Waals surface area contributed by atoms with Gasteiger partial charge in [0.1, 0.15) is 5.82 Å². The molecule has 1 fully saturated rings. The summed E-state index contributed by atoms with van der Waals surface area (Å²) >= 11 is 0. The molecule has 3 aromatic rings. The monoisotopic (exact) mass is 474 g/mol. The second kappa shape index (κ2) is 11.8. The van der Waals surface area contributed by atoms with Crippen LogP contribution in [0.4, 0.5) is 5.82 Å². The molecule has 7 nitrogen and oxygen atoms in total. The van der Waals surface area contributed by atoms with Crippen molar-refractivity contribution >= 4 is 17.6 Å². The first-order valence-electron chi connectivity index (χ1n) is 12.4. The van der Waals surface area contributed by atoms with E-state index in [1.54, 1.807) is 16.7 Å². The van der Waals surface area contributed by atoms with Crippen LogP contribution in [-0.2, 0) is 14.3 Å². The van der Waals surface area contributed by atoms with Gasteiger partial charge in [-0.2, -0.15) is 5.10 Å². The minimum atomic E-state index is -0.252. The van der Waals surface area contributed by atoms with Crippen LogP contribution in [0.1, 0.15) is 37.7 Å². The lowest BCUT2D eigenvalue weighted by Crippen LogP contribution is -2.43. The van der Waals surface area contributed by atoms with Crippen molar-refractivity contribution in [1.82, 2.24) is 14.7 Å². The maximum atomic E-state index is 13.2. The predicted octanol–water partition coefficient (Wildman–Crippen LogP) is 4.84. The number of hydrogen-bond acceptors (Lipinski definition) is 4. The van der Waals surface area contributed by atoms with Gasteiger partial charge in [-0.05, 0) is 31.9 Å². The van der Waals surface area contributed by atoms with Crippen LogP contribution in [-0.4, -0.2) is 53.3 Å². The highest BCUT2D eigenvalue weighted by molar-refractivity contribution is 5.95. The van der Waals surface area contributed by atoms with Crippen LogP contribution in [0.3, 0.4) is 0 Å². The highest BCUT2D eigenvalue weighted by Gasteiger charge is 2.27. The zero-order valence-corrected chi connectivity index (χ0v) is 20.6. The molecule has 0 bridgehead atoms. The standard InChI is InChI=1S/C28H34N4O3/c1-21-13-15-24(16-14-21)32-26(19-25(30-32)22-9-5-3-6-10-22)29-27(33)20-31(17-18-35-2)28(34)23-11-7-4-8-12-23/h3,5-6,9-10,13-16,19,23H,4,7-8,11-12,17-18,20H2,1-2H3,(H,29,33). The molecule has 0 unspecified atom stereocenters. The fraction of sp³-hybridized carbons (Fsp3) is 0.393. The molecule has 0 atom stereocenters. The van der Waals surface area contributed by atoms with Gasteiger partial charge in [-0.15, -0.1) is 0 Å². The van der Waals surface area contributed by atoms with Crippen LogP contribution in [0.25, 0.3) is 16.9 Å². The van der Waals surface area contributed by atoms with E-state index in [0.717, 1.165) is 48.2 Å². The Bertz CT molecular complexity index is 1120. The summed E-state index contributed by atoms with van der Waals surface area (Å²) in [4.78, 5) is 28.0. The van der Waals surface area contributed by atoms with Crippen molar-refractivity contribution in [2.45, 2.75) is 39.0 Å². The molecule has 1 N–H and O–H groups in total. The van der Waals surface area contributed by atoms with E-state index in [0.29, 0.717) is 19.0 Å². The van der Waals surface area contributed by atoms with Gasteiger partial charge >= 0.3 is 0 Å². The zero-order chi connectivity index (χ0) is 24.6. The van der Waals surface area contributed by atoms with Crippen LogP contribution in [0.5, 0.6) is 0 Å². The highest BCUT2D eigenvalue weighted by atomic mass is 16.5. The summed E-state index contributed by atoms with van der Waals surface area (Å²) in [6, 6.07) is 19.7. The average molecular weight is 475 g/mol.